The summed E-state index contributed by atoms with van der Waals surface area (Å²) in [7, 11) is 5.91. The van der Waals surface area contributed by atoms with Gasteiger partial charge in [0, 0.05) is 12.8 Å². The Hall–Kier alpha value is -4.83. The van der Waals surface area contributed by atoms with E-state index in [0.29, 0.717) is 23.9 Å². The van der Waals surface area contributed by atoms with Gasteiger partial charge in [-0.05, 0) is 116 Å². The molecule has 0 fully saturated rings. The van der Waals surface area contributed by atoms with Gasteiger partial charge in [0.05, 0.1) is 40.3 Å². The number of carboxylic acids is 1. The van der Waals surface area contributed by atoms with Crippen LogP contribution in [-0.2, 0) is 33.3 Å². The third-order valence-electron chi connectivity index (χ3n) is 16.6. The lowest BCUT2D eigenvalue weighted by atomic mass is 10.0. The molecule has 0 aliphatic rings. The minimum atomic E-state index is -1.65. The number of hydrogen-bond acceptors (Lipinski definition) is 8. The zero-order chi connectivity index (χ0) is 69.0. The molecule has 2 unspecified atom stereocenters. The molecule has 0 aliphatic carbocycles. The molecule has 0 aromatic carbocycles. The molecule has 0 rings (SSSR count). The van der Waals surface area contributed by atoms with Crippen LogP contribution in [0.15, 0.2) is 146 Å². The molecule has 0 amide bonds. The van der Waals surface area contributed by atoms with E-state index < -0.39 is 24.3 Å². The lowest BCUT2D eigenvalue weighted by molar-refractivity contribution is -0.870. The molecule has 0 bridgehead atoms. The molecule has 542 valence electrons. The van der Waals surface area contributed by atoms with Crippen molar-refractivity contribution in [1.29, 1.82) is 0 Å². The Morgan fingerprint density at radius 2 is 0.611 bits per heavy atom. The number of carboxylic acid groups (broad SMARTS) is 1. The van der Waals surface area contributed by atoms with Crippen molar-refractivity contribution >= 4 is 17.9 Å². The number of carbonyl (C=O) groups is 3. The molecule has 0 aliphatic heterocycles. The van der Waals surface area contributed by atoms with Gasteiger partial charge in [-0.15, -0.1) is 0 Å². The molecule has 0 spiro atoms. The molecular formula is C86H145NO8. The molecule has 2 atom stereocenters. The molecule has 0 saturated heterocycles. The highest BCUT2D eigenvalue weighted by molar-refractivity contribution is 5.70. The number of ether oxygens (including phenoxy) is 4. The van der Waals surface area contributed by atoms with Crippen LogP contribution in [0.3, 0.4) is 0 Å². The van der Waals surface area contributed by atoms with Crippen LogP contribution in [0.4, 0.5) is 0 Å². The van der Waals surface area contributed by atoms with E-state index in [1.54, 1.807) is 0 Å². The first kappa shape index (κ1) is 90.2. The first-order valence-electron chi connectivity index (χ1n) is 39.0. The van der Waals surface area contributed by atoms with E-state index in [-0.39, 0.29) is 38.6 Å². The molecular weight excluding hydrogens is 1170 g/mol. The van der Waals surface area contributed by atoms with E-state index in [0.717, 1.165) is 89.9 Å². The van der Waals surface area contributed by atoms with Crippen LogP contribution in [0.2, 0.25) is 0 Å². The van der Waals surface area contributed by atoms with E-state index in [4.69, 9.17) is 18.9 Å². The number of likely N-dealkylation sites (N-methyl/N-ethyl adjacent to an activating group) is 1. The monoisotopic (exact) mass is 1320 g/mol. The van der Waals surface area contributed by atoms with E-state index in [9.17, 15) is 19.5 Å². The summed E-state index contributed by atoms with van der Waals surface area (Å²) in [6.45, 7) is 4.57. The van der Waals surface area contributed by atoms with Crippen molar-refractivity contribution in [2.45, 2.75) is 334 Å². The number of rotatable bonds is 71. The highest BCUT2D eigenvalue weighted by Gasteiger charge is 2.22. The van der Waals surface area contributed by atoms with E-state index in [1.165, 1.54) is 193 Å². The second-order valence-corrected chi connectivity index (χ2v) is 26.9. The fraction of sp³-hybridized carbons (Fsp3) is 0.686. The SMILES string of the molecule is CC/C=C\C/C=C\C/C=C\C/C=C\C/C=C\C/C=C\C/C=C\C/C=C\C/C=C\CCCC(=O)OC(COC(=O)CCCCCCCCCCCCCCCCCCCCCCCCCCCC/C=C\C/C=C\C/C=C\CCCCCCC)COC(OCC[N+](C)(C)C)C(=O)[O-]. The van der Waals surface area contributed by atoms with Gasteiger partial charge in [-0.25, -0.2) is 0 Å². The molecule has 0 saturated carbocycles. The number of hydrogen-bond donors (Lipinski definition) is 0. The van der Waals surface area contributed by atoms with Crippen molar-refractivity contribution < 1.29 is 42.9 Å². The van der Waals surface area contributed by atoms with Crippen LogP contribution in [0, 0.1) is 0 Å². The summed E-state index contributed by atoms with van der Waals surface area (Å²) in [5.41, 5.74) is 0. The molecule has 95 heavy (non-hydrogen) atoms. The van der Waals surface area contributed by atoms with Gasteiger partial charge in [0.1, 0.15) is 13.2 Å². The normalized spacial score (nSPS) is 13.5. The number of nitrogens with zero attached hydrogens (tertiary/aromatic N) is 1. The maximum absolute atomic E-state index is 12.9. The van der Waals surface area contributed by atoms with Gasteiger partial charge in [-0.3, -0.25) is 9.59 Å². The van der Waals surface area contributed by atoms with Crippen LogP contribution in [0.5, 0.6) is 0 Å². The smallest absolute Gasteiger partial charge is 0.306 e. The summed E-state index contributed by atoms with van der Waals surface area (Å²) < 4.78 is 22.7. The second-order valence-electron chi connectivity index (χ2n) is 26.9. The van der Waals surface area contributed by atoms with Gasteiger partial charge in [0.2, 0.25) is 0 Å². The zero-order valence-corrected chi connectivity index (χ0v) is 62.0. The Bertz CT molecular complexity index is 2080. The maximum Gasteiger partial charge on any atom is 0.306 e. The van der Waals surface area contributed by atoms with Crippen LogP contribution >= 0.6 is 0 Å². The molecule has 0 aromatic rings. The van der Waals surface area contributed by atoms with Gasteiger partial charge in [-0.1, -0.05) is 339 Å². The molecule has 0 N–H and O–H groups in total. The standard InChI is InChI=1S/C86H145NO8/c1-6-8-10-12-14-16-18-20-22-24-26-28-30-32-34-36-37-38-39-40-41-42-43-44-45-46-47-49-50-52-54-56-58-60-62-64-66-68-70-72-74-76-83(88)93-80-82(81-94-86(85(90)91)92-79-78-87(3,4)5)95-84(89)77-75-73-71-69-67-65-63-61-59-57-55-53-51-48-35-33-31-29-27-25-23-21-19-17-15-13-11-9-7-2/h9,11,15,17-18,20-21,23-24,26-27,29-30,32-33,35,51,53,57,59,63,65,69,71,82,86H,6-8,10,12-14,16,19,22,25,28,31,34,36-50,52,54-56,58,60-62,64,66-68,70,72-81H2,1-5H3/b11-9-,17-15-,20-18-,23-21-,26-24-,29-27-,32-30-,35-33-,53-51-,59-57-,65-63-,71-69-. The Morgan fingerprint density at radius 3 is 0.926 bits per heavy atom. The van der Waals surface area contributed by atoms with Crippen molar-refractivity contribution in [3.63, 3.8) is 0 Å². The summed E-state index contributed by atoms with van der Waals surface area (Å²) in [6.07, 6.45) is 107. The van der Waals surface area contributed by atoms with Crippen molar-refractivity contribution in [3.8, 4) is 0 Å². The molecule has 0 aromatic heterocycles. The maximum atomic E-state index is 12.9. The average Bonchev–Trinajstić information content (AvgIpc) is 2.86. The third kappa shape index (κ3) is 76.4. The fourth-order valence-corrected chi connectivity index (χ4v) is 10.7. The zero-order valence-electron chi connectivity index (χ0n) is 62.0. The van der Waals surface area contributed by atoms with Gasteiger partial charge in [0.25, 0.3) is 0 Å². The minimum Gasteiger partial charge on any atom is -0.545 e. The number of allylic oxidation sites excluding steroid dienone is 24. The van der Waals surface area contributed by atoms with Crippen molar-refractivity contribution in [1.82, 2.24) is 0 Å². The molecule has 9 nitrogen and oxygen atoms in total. The fourth-order valence-electron chi connectivity index (χ4n) is 10.7. The van der Waals surface area contributed by atoms with Crippen LogP contribution in [-0.4, -0.2) is 82.3 Å². The lowest BCUT2D eigenvalue weighted by Gasteiger charge is -2.26. The molecule has 0 heterocycles. The van der Waals surface area contributed by atoms with Crippen LogP contribution < -0.4 is 5.11 Å². The summed E-state index contributed by atoms with van der Waals surface area (Å²) >= 11 is 0. The van der Waals surface area contributed by atoms with Crippen molar-refractivity contribution in [2.75, 3.05) is 47.5 Å². The van der Waals surface area contributed by atoms with E-state index in [2.05, 4.69) is 160 Å². The predicted octanol–water partition coefficient (Wildman–Crippen LogP) is 23.7. The molecule has 9 heteroatoms. The second kappa shape index (κ2) is 75.0. The highest BCUT2D eigenvalue weighted by atomic mass is 16.7. The first-order chi connectivity index (χ1) is 46.6. The Kier molecular flexibility index (Phi) is 71.1. The summed E-state index contributed by atoms with van der Waals surface area (Å²) in [4.78, 5) is 37.5. The van der Waals surface area contributed by atoms with Gasteiger partial charge >= 0.3 is 11.9 Å². The summed E-state index contributed by atoms with van der Waals surface area (Å²) in [5.74, 6) is -2.37. The van der Waals surface area contributed by atoms with Crippen molar-refractivity contribution in [2.24, 2.45) is 0 Å². The number of carbonyl (C=O) groups excluding carboxylic acids is 3. The summed E-state index contributed by atoms with van der Waals surface area (Å²) in [6, 6.07) is 0. The Labute approximate surface area is 585 Å². The number of aliphatic carboxylic acids is 1. The predicted molar refractivity (Wildman–Crippen MR) is 407 cm³/mol. The Balaban J connectivity index is 4.08. The topological polar surface area (TPSA) is 111 Å². The Morgan fingerprint density at radius 1 is 0.326 bits per heavy atom. The quantitative estimate of drug-likeness (QED) is 0.0195. The first-order valence-corrected chi connectivity index (χ1v) is 39.0. The lowest BCUT2D eigenvalue weighted by Crippen LogP contribution is -2.44. The number of esters is 2. The van der Waals surface area contributed by atoms with Crippen LogP contribution in [0.25, 0.3) is 0 Å². The number of unbranched alkanes of at least 4 members (excludes halogenated alkanes) is 32. The highest BCUT2D eigenvalue weighted by Crippen LogP contribution is 2.18. The largest absolute Gasteiger partial charge is 0.545 e. The van der Waals surface area contributed by atoms with E-state index in [1.807, 2.05) is 21.1 Å². The van der Waals surface area contributed by atoms with E-state index >= 15 is 0 Å². The molecule has 0 radical (unpaired) electrons. The van der Waals surface area contributed by atoms with Crippen molar-refractivity contribution in [3.05, 3.63) is 146 Å². The van der Waals surface area contributed by atoms with Gasteiger partial charge in [0.15, 0.2) is 12.4 Å². The summed E-state index contributed by atoms with van der Waals surface area (Å²) in [5, 5.41) is 11.8. The number of quaternary nitrogens is 1. The van der Waals surface area contributed by atoms with Gasteiger partial charge in [-0.2, -0.15) is 0 Å². The van der Waals surface area contributed by atoms with Crippen LogP contribution in [0.1, 0.15) is 322 Å². The average molecular weight is 1320 g/mol. The third-order valence-corrected chi connectivity index (χ3v) is 16.6. The minimum absolute atomic E-state index is 0.131. The van der Waals surface area contributed by atoms with Gasteiger partial charge < -0.3 is 33.3 Å².